The summed E-state index contributed by atoms with van der Waals surface area (Å²) < 4.78 is 2.05. The molecule has 0 atom stereocenters. The number of benzene rings is 1. The first-order chi connectivity index (χ1) is 11.5. The largest absolute Gasteiger partial charge is 0.483 e. The third kappa shape index (κ3) is 4.63. The highest BCUT2D eigenvalue weighted by molar-refractivity contribution is 5.75. The Morgan fingerprint density at radius 2 is 2.12 bits per heavy atom. The molecule has 24 heavy (non-hydrogen) atoms. The van der Waals surface area contributed by atoms with E-state index in [0.717, 1.165) is 42.3 Å². The predicted molar refractivity (Wildman–Crippen MR) is 90.6 cm³/mol. The molecule has 8 nitrogen and oxygen atoms in total. The maximum absolute atomic E-state index is 8.36. The summed E-state index contributed by atoms with van der Waals surface area (Å²) in [7, 11) is 2.10. The van der Waals surface area contributed by atoms with Gasteiger partial charge in [-0.1, -0.05) is 6.07 Å². The Balaban J connectivity index is 0.000000647. The minimum absolute atomic E-state index is 0.250. The average molecular weight is 330 g/mol. The number of hydrogen-bond donors (Lipinski definition) is 2. The van der Waals surface area contributed by atoms with Crippen LogP contribution in [0.5, 0.6) is 0 Å². The molecule has 0 aliphatic carbocycles. The van der Waals surface area contributed by atoms with Crippen molar-refractivity contribution in [2.24, 2.45) is 0 Å². The molecule has 0 amide bonds. The van der Waals surface area contributed by atoms with Gasteiger partial charge in [0.2, 0.25) is 0 Å². The minimum Gasteiger partial charge on any atom is -0.483 e. The van der Waals surface area contributed by atoms with Crippen LogP contribution in [0.2, 0.25) is 0 Å². The van der Waals surface area contributed by atoms with E-state index in [0.29, 0.717) is 0 Å². The number of imidazole rings is 1. The quantitative estimate of drug-likeness (QED) is 0.689. The molecule has 2 aromatic heterocycles. The van der Waals surface area contributed by atoms with Crippen LogP contribution < -0.4 is 0 Å². The molecule has 1 aromatic carbocycles. The summed E-state index contributed by atoms with van der Waals surface area (Å²) in [6.45, 7) is 6.42. The van der Waals surface area contributed by atoms with Crippen molar-refractivity contribution in [1.82, 2.24) is 29.6 Å². The lowest BCUT2D eigenvalue weighted by Gasteiger charge is -2.15. The fourth-order valence-corrected chi connectivity index (χ4v) is 2.40. The van der Waals surface area contributed by atoms with E-state index >= 15 is 0 Å². The molecule has 0 bridgehead atoms. The zero-order valence-corrected chi connectivity index (χ0v) is 14.1. The minimum atomic E-state index is -0.250. The number of aryl methyl sites for hydroxylation is 2. The number of aromatic amines is 1. The van der Waals surface area contributed by atoms with E-state index in [1.807, 2.05) is 6.92 Å². The molecule has 0 radical (unpaired) electrons. The standard InChI is InChI=1S/C15H20N6.CH2O2/c1-11-4-5-13-14(8-11)18-15(17-13)9-20(3)6-7-21-10-16-19-12(21)2;2-1-3/h4-5,8,10H,6-7,9H2,1-3H3,(H,17,18);1H,(H,2,3). The summed E-state index contributed by atoms with van der Waals surface area (Å²) in [5.74, 6) is 1.95. The van der Waals surface area contributed by atoms with Gasteiger partial charge in [0.25, 0.3) is 6.47 Å². The molecule has 128 valence electrons. The number of fused-ring (bicyclic) bond motifs is 1. The first-order valence-electron chi connectivity index (χ1n) is 7.59. The van der Waals surface area contributed by atoms with Crippen molar-refractivity contribution in [2.45, 2.75) is 26.9 Å². The van der Waals surface area contributed by atoms with Crippen LogP contribution in [-0.4, -0.2) is 54.8 Å². The molecule has 0 aliphatic heterocycles. The lowest BCUT2D eigenvalue weighted by atomic mass is 10.2. The van der Waals surface area contributed by atoms with E-state index in [2.05, 4.69) is 61.8 Å². The molecule has 0 fully saturated rings. The van der Waals surface area contributed by atoms with E-state index < -0.39 is 0 Å². The number of nitrogens with one attached hydrogen (secondary N) is 1. The van der Waals surface area contributed by atoms with Crippen LogP contribution in [0.25, 0.3) is 11.0 Å². The molecule has 0 aliphatic rings. The van der Waals surface area contributed by atoms with Crippen molar-refractivity contribution in [2.75, 3.05) is 13.6 Å². The summed E-state index contributed by atoms with van der Waals surface area (Å²) in [6.07, 6.45) is 1.77. The van der Waals surface area contributed by atoms with Crippen LogP contribution in [0.15, 0.2) is 24.5 Å². The van der Waals surface area contributed by atoms with Crippen molar-refractivity contribution in [1.29, 1.82) is 0 Å². The van der Waals surface area contributed by atoms with Crippen LogP contribution in [0.3, 0.4) is 0 Å². The number of carbonyl (C=O) groups is 1. The topological polar surface area (TPSA) is 99.9 Å². The Morgan fingerprint density at radius 3 is 2.79 bits per heavy atom. The number of hydrogen-bond acceptors (Lipinski definition) is 5. The molecule has 0 unspecified atom stereocenters. The van der Waals surface area contributed by atoms with Crippen LogP contribution in [-0.2, 0) is 17.9 Å². The first-order valence-corrected chi connectivity index (χ1v) is 7.59. The highest BCUT2D eigenvalue weighted by atomic mass is 16.3. The van der Waals surface area contributed by atoms with E-state index in [4.69, 9.17) is 9.90 Å². The molecule has 2 N–H and O–H groups in total. The molecular formula is C16H22N6O2. The second kappa shape index (κ2) is 8.21. The summed E-state index contributed by atoms with van der Waals surface area (Å²) in [6, 6.07) is 6.28. The van der Waals surface area contributed by atoms with Gasteiger partial charge >= 0.3 is 0 Å². The molecule has 3 rings (SSSR count). The molecule has 2 heterocycles. The first kappa shape index (κ1) is 17.6. The molecule has 0 spiro atoms. The van der Waals surface area contributed by atoms with Gasteiger partial charge in [-0.3, -0.25) is 9.69 Å². The molecule has 0 saturated carbocycles. The van der Waals surface area contributed by atoms with Gasteiger partial charge in [-0.05, 0) is 38.6 Å². The zero-order chi connectivity index (χ0) is 17.5. The summed E-state index contributed by atoms with van der Waals surface area (Å²) in [4.78, 5) is 18.6. The van der Waals surface area contributed by atoms with Crippen LogP contribution >= 0.6 is 0 Å². The van der Waals surface area contributed by atoms with E-state index in [-0.39, 0.29) is 6.47 Å². The van der Waals surface area contributed by atoms with Gasteiger partial charge in [-0.15, -0.1) is 10.2 Å². The Bertz CT molecular complexity index is 795. The number of nitrogens with zero attached hydrogens (tertiary/aromatic N) is 5. The van der Waals surface area contributed by atoms with Gasteiger partial charge in [-0.25, -0.2) is 4.98 Å². The lowest BCUT2D eigenvalue weighted by molar-refractivity contribution is -0.122. The van der Waals surface area contributed by atoms with Crippen LogP contribution in [0.4, 0.5) is 0 Å². The van der Waals surface area contributed by atoms with Gasteiger partial charge < -0.3 is 14.7 Å². The Hall–Kier alpha value is -2.74. The van der Waals surface area contributed by atoms with Crippen LogP contribution in [0.1, 0.15) is 17.2 Å². The third-order valence-electron chi connectivity index (χ3n) is 3.64. The fourth-order valence-electron chi connectivity index (χ4n) is 2.40. The number of aromatic nitrogens is 5. The van der Waals surface area contributed by atoms with E-state index in [1.54, 1.807) is 6.33 Å². The third-order valence-corrected chi connectivity index (χ3v) is 3.64. The van der Waals surface area contributed by atoms with Crippen molar-refractivity contribution in [3.63, 3.8) is 0 Å². The van der Waals surface area contributed by atoms with Crippen molar-refractivity contribution in [3.05, 3.63) is 41.7 Å². The van der Waals surface area contributed by atoms with Gasteiger partial charge in [0, 0.05) is 13.1 Å². The maximum atomic E-state index is 8.36. The van der Waals surface area contributed by atoms with Gasteiger partial charge in [0.05, 0.1) is 17.6 Å². The van der Waals surface area contributed by atoms with Crippen molar-refractivity contribution >= 4 is 17.5 Å². The summed E-state index contributed by atoms with van der Waals surface area (Å²) in [5, 5.41) is 14.8. The van der Waals surface area contributed by atoms with Crippen LogP contribution in [0, 0.1) is 13.8 Å². The maximum Gasteiger partial charge on any atom is 0.290 e. The van der Waals surface area contributed by atoms with E-state index in [9.17, 15) is 0 Å². The van der Waals surface area contributed by atoms with E-state index in [1.165, 1.54) is 5.56 Å². The normalized spacial score (nSPS) is 10.7. The molecule has 3 aromatic rings. The Labute approximate surface area is 140 Å². The van der Waals surface area contributed by atoms with Crippen molar-refractivity contribution in [3.8, 4) is 0 Å². The summed E-state index contributed by atoms with van der Waals surface area (Å²) >= 11 is 0. The number of H-pyrrole nitrogens is 1. The second-order valence-electron chi connectivity index (χ2n) is 5.62. The monoisotopic (exact) mass is 330 g/mol. The SMILES string of the molecule is Cc1ccc2nc(CN(C)CCn3cnnc3C)[nH]c2c1.O=CO. The average Bonchev–Trinajstić information content (AvgIpc) is 3.11. The Kier molecular flexibility index (Phi) is 6.02. The molecular weight excluding hydrogens is 308 g/mol. The highest BCUT2D eigenvalue weighted by Crippen LogP contribution is 2.14. The predicted octanol–water partition coefficient (Wildman–Crippen LogP) is 1.60. The molecule has 0 saturated heterocycles. The van der Waals surface area contributed by atoms with Crippen molar-refractivity contribution < 1.29 is 9.90 Å². The van der Waals surface area contributed by atoms with Gasteiger partial charge in [-0.2, -0.15) is 0 Å². The van der Waals surface area contributed by atoms with Gasteiger partial charge in [0.1, 0.15) is 18.0 Å². The number of carboxylic acid groups (broad SMARTS) is 1. The number of likely N-dealkylation sites (N-methyl/N-ethyl adjacent to an activating group) is 1. The fraction of sp³-hybridized carbons (Fsp3) is 0.375. The zero-order valence-electron chi connectivity index (χ0n) is 14.1. The smallest absolute Gasteiger partial charge is 0.290 e. The lowest BCUT2D eigenvalue weighted by Crippen LogP contribution is -2.23. The number of rotatable bonds is 5. The summed E-state index contributed by atoms with van der Waals surface area (Å²) in [5.41, 5.74) is 3.38. The second-order valence-corrected chi connectivity index (χ2v) is 5.62. The Morgan fingerprint density at radius 1 is 1.38 bits per heavy atom. The molecule has 8 heteroatoms. The van der Waals surface area contributed by atoms with Gasteiger partial charge in [0.15, 0.2) is 0 Å². The highest BCUT2D eigenvalue weighted by Gasteiger charge is 2.07.